The Morgan fingerprint density at radius 1 is 0.969 bits per heavy atom. The molecule has 2 aromatic carbocycles. The minimum absolute atomic E-state index is 0.0406. The molecule has 7 nitrogen and oxygen atoms in total. The van der Waals surface area contributed by atoms with Gasteiger partial charge in [-0.05, 0) is 52.8 Å². The molecule has 7 heteroatoms. The molecule has 0 bridgehead atoms. The van der Waals surface area contributed by atoms with Crippen LogP contribution in [-0.4, -0.2) is 64.1 Å². The second-order valence-electron chi connectivity index (χ2n) is 7.91. The number of methoxy groups -OCH3 is 2. The average molecular weight is 441 g/mol. The first-order valence-corrected chi connectivity index (χ1v) is 11.0. The van der Waals surface area contributed by atoms with E-state index in [-0.39, 0.29) is 24.3 Å². The number of hydrogen-bond acceptors (Lipinski definition) is 5. The summed E-state index contributed by atoms with van der Waals surface area (Å²) in [5.74, 6) is -0.0946. The summed E-state index contributed by atoms with van der Waals surface area (Å²) < 4.78 is 10.5. The number of rotatable bonds is 12. The minimum atomic E-state index is -0.114. The van der Waals surface area contributed by atoms with E-state index in [1.54, 1.807) is 14.2 Å². The van der Waals surface area contributed by atoms with Crippen LogP contribution in [0.15, 0.2) is 36.4 Å². The highest BCUT2D eigenvalue weighted by Gasteiger charge is 2.29. The summed E-state index contributed by atoms with van der Waals surface area (Å²) in [4.78, 5) is 24.3. The summed E-state index contributed by atoms with van der Waals surface area (Å²) >= 11 is 0. The van der Waals surface area contributed by atoms with E-state index in [4.69, 9.17) is 14.6 Å². The van der Waals surface area contributed by atoms with E-state index in [2.05, 4.69) is 28.8 Å². The van der Waals surface area contributed by atoms with Crippen molar-refractivity contribution in [3.8, 4) is 11.1 Å². The largest absolute Gasteiger partial charge is 0.395 e. The van der Waals surface area contributed by atoms with Crippen molar-refractivity contribution in [2.24, 2.45) is 0 Å². The maximum absolute atomic E-state index is 12.5. The van der Waals surface area contributed by atoms with Crippen LogP contribution in [0.1, 0.15) is 45.8 Å². The normalized spacial score (nSPS) is 14.0. The van der Waals surface area contributed by atoms with E-state index in [1.165, 1.54) is 11.1 Å². The molecule has 1 aliphatic rings. The predicted molar refractivity (Wildman–Crippen MR) is 123 cm³/mol. The van der Waals surface area contributed by atoms with Crippen LogP contribution in [0.2, 0.25) is 0 Å². The second kappa shape index (κ2) is 11.8. The van der Waals surface area contributed by atoms with Crippen LogP contribution in [0, 0.1) is 0 Å². The minimum Gasteiger partial charge on any atom is -0.395 e. The Morgan fingerprint density at radius 3 is 2.44 bits per heavy atom. The number of carbonyl (C=O) groups is 2. The van der Waals surface area contributed by atoms with Crippen LogP contribution in [0.4, 0.5) is 0 Å². The molecule has 0 saturated heterocycles. The molecule has 1 aliphatic carbocycles. The molecule has 0 aromatic heterocycles. The lowest BCUT2D eigenvalue weighted by molar-refractivity contribution is -0.121. The van der Waals surface area contributed by atoms with Crippen LogP contribution in [0.5, 0.6) is 0 Å². The van der Waals surface area contributed by atoms with Crippen molar-refractivity contribution in [2.45, 2.75) is 25.2 Å². The third-order valence-electron chi connectivity index (χ3n) is 5.70. The molecule has 2 amide bonds. The number of benzene rings is 2. The molecule has 0 aliphatic heterocycles. The van der Waals surface area contributed by atoms with Gasteiger partial charge in [0.15, 0.2) is 0 Å². The van der Waals surface area contributed by atoms with Crippen LogP contribution in [0.25, 0.3) is 11.1 Å². The van der Waals surface area contributed by atoms with Gasteiger partial charge in [-0.2, -0.15) is 0 Å². The molecule has 1 atom stereocenters. The topological polar surface area (TPSA) is 96.9 Å². The molecule has 3 rings (SSSR count). The molecular weight excluding hydrogens is 408 g/mol. The molecule has 172 valence electrons. The Hall–Kier alpha value is -2.74. The van der Waals surface area contributed by atoms with Gasteiger partial charge < -0.3 is 25.2 Å². The standard InChI is InChI=1S/C25H32N2O5/c1-31-13-11-27-25(30)18-7-9-20-19-8-6-17(4-3-5-24(29)26-10-12-28)14-21(19)23(16-32-2)22(20)15-18/h6-9,14-15,23,28H,3-5,10-13,16H2,1-2H3,(H,26,29)(H,27,30). The third kappa shape index (κ3) is 5.73. The quantitative estimate of drug-likeness (QED) is 0.440. The van der Waals surface area contributed by atoms with Crippen molar-refractivity contribution in [1.29, 1.82) is 0 Å². The van der Waals surface area contributed by atoms with Crippen LogP contribution < -0.4 is 10.6 Å². The first-order valence-electron chi connectivity index (χ1n) is 11.0. The van der Waals surface area contributed by atoms with Gasteiger partial charge in [0.05, 0.1) is 19.8 Å². The zero-order valence-electron chi connectivity index (χ0n) is 18.8. The van der Waals surface area contributed by atoms with Crippen molar-refractivity contribution in [3.05, 3.63) is 58.7 Å². The van der Waals surface area contributed by atoms with Gasteiger partial charge in [-0.15, -0.1) is 0 Å². The molecule has 0 fully saturated rings. The number of aryl methyl sites for hydroxylation is 1. The van der Waals surface area contributed by atoms with Crippen molar-refractivity contribution < 1.29 is 24.2 Å². The number of nitrogens with one attached hydrogen (secondary N) is 2. The molecule has 1 unspecified atom stereocenters. The highest BCUT2D eigenvalue weighted by molar-refractivity contribution is 5.96. The number of fused-ring (bicyclic) bond motifs is 3. The Morgan fingerprint density at radius 2 is 1.72 bits per heavy atom. The Bertz CT molecular complexity index is 944. The van der Waals surface area contributed by atoms with Crippen LogP contribution >= 0.6 is 0 Å². The highest BCUT2D eigenvalue weighted by Crippen LogP contribution is 2.45. The lowest BCUT2D eigenvalue weighted by atomic mass is 9.94. The molecule has 0 saturated carbocycles. The Labute approximate surface area is 189 Å². The fourth-order valence-electron chi connectivity index (χ4n) is 4.16. The Kier molecular flexibility index (Phi) is 8.79. The van der Waals surface area contributed by atoms with Gasteiger partial charge in [-0.3, -0.25) is 9.59 Å². The summed E-state index contributed by atoms with van der Waals surface area (Å²) in [6, 6.07) is 12.3. The molecule has 2 aromatic rings. The fourth-order valence-corrected chi connectivity index (χ4v) is 4.16. The number of amides is 2. The van der Waals surface area contributed by atoms with Gasteiger partial charge in [0.2, 0.25) is 5.91 Å². The molecule has 3 N–H and O–H groups in total. The van der Waals surface area contributed by atoms with Crippen LogP contribution in [0.3, 0.4) is 0 Å². The van der Waals surface area contributed by atoms with Gasteiger partial charge in [0, 0.05) is 45.2 Å². The van der Waals surface area contributed by atoms with Gasteiger partial charge in [0.1, 0.15) is 0 Å². The van der Waals surface area contributed by atoms with E-state index < -0.39 is 0 Å². The van der Waals surface area contributed by atoms with E-state index in [0.29, 0.717) is 38.3 Å². The highest BCUT2D eigenvalue weighted by atomic mass is 16.5. The average Bonchev–Trinajstić information content (AvgIpc) is 3.10. The smallest absolute Gasteiger partial charge is 0.251 e. The predicted octanol–water partition coefficient (Wildman–Crippen LogP) is 2.25. The Balaban J connectivity index is 1.75. The maximum atomic E-state index is 12.5. The fraction of sp³-hybridized carbons (Fsp3) is 0.440. The van der Waals surface area contributed by atoms with E-state index >= 15 is 0 Å². The van der Waals surface area contributed by atoms with E-state index in [9.17, 15) is 9.59 Å². The van der Waals surface area contributed by atoms with Gasteiger partial charge in [0.25, 0.3) is 5.91 Å². The summed E-state index contributed by atoms with van der Waals surface area (Å²) in [6.07, 6.45) is 1.97. The summed E-state index contributed by atoms with van der Waals surface area (Å²) in [6.45, 7) is 1.72. The van der Waals surface area contributed by atoms with Crippen molar-refractivity contribution in [2.75, 3.05) is 47.1 Å². The summed E-state index contributed by atoms with van der Waals surface area (Å²) in [5.41, 5.74) is 6.39. The lowest BCUT2D eigenvalue weighted by Gasteiger charge is -2.14. The molecule has 0 spiro atoms. The molecule has 0 heterocycles. The van der Waals surface area contributed by atoms with Crippen molar-refractivity contribution in [3.63, 3.8) is 0 Å². The van der Waals surface area contributed by atoms with Crippen LogP contribution in [-0.2, 0) is 20.7 Å². The third-order valence-corrected chi connectivity index (χ3v) is 5.70. The molecule has 0 radical (unpaired) electrons. The first kappa shape index (κ1) is 23.9. The monoisotopic (exact) mass is 440 g/mol. The number of ether oxygens (including phenoxy) is 2. The van der Waals surface area contributed by atoms with Gasteiger partial charge in [-0.1, -0.05) is 24.3 Å². The van der Waals surface area contributed by atoms with Crippen molar-refractivity contribution >= 4 is 11.8 Å². The second-order valence-corrected chi connectivity index (χ2v) is 7.91. The number of aliphatic hydroxyl groups is 1. The molecule has 32 heavy (non-hydrogen) atoms. The SMILES string of the molecule is COCCNC(=O)c1ccc2c(c1)C(COC)c1cc(CCCC(=O)NCCO)ccc1-2. The first-order chi connectivity index (χ1) is 15.6. The number of aliphatic hydroxyl groups excluding tert-OH is 1. The summed E-state index contributed by atoms with van der Waals surface area (Å²) in [5, 5.41) is 14.3. The lowest BCUT2D eigenvalue weighted by Crippen LogP contribution is -2.27. The summed E-state index contributed by atoms with van der Waals surface area (Å²) in [7, 11) is 3.29. The van der Waals surface area contributed by atoms with E-state index in [0.717, 1.165) is 29.5 Å². The van der Waals surface area contributed by atoms with Gasteiger partial charge in [-0.25, -0.2) is 0 Å². The molecular formula is C25H32N2O5. The maximum Gasteiger partial charge on any atom is 0.251 e. The number of carbonyl (C=O) groups excluding carboxylic acids is 2. The van der Waals surface area contributed by atoms with E-state index in [1.807, 2.05) is 18.2 Å². The van der Waals surface area contributed by atoms with Crippen molar-refractivity contribution in [1.82, 2.24) is 10.6 Å². The zero-order valence-corrected chi connectivity index (χ0v) is 18.8. The zero-order chi connectivity index (χ0) is 22.9. The number of hydrogen-bond donors (Lipinski definition) is 3. The van der Waals surface area contributed by atoms with Gasteiger partial charge >= 0.3 is 0 Å².